The number of nitrogens with two attached hydrogens (primary N) is 2. The van der Waals surface area contributed by atoms with Gasteiger partial charge in [0.05, 0.1) is 25.2 Å². The molecule has 0 bridgehead atoms. The zero-order chi connectivity index (χ0) is 62.2. The van der Waals surface area contributed by atoms with Crippen LogP contribution >= 0.6 is 0 Å². The number of hydrogen-bond donors (Lipinski definition) is 12. The van der Waals surface area contributed by atoms with E-state index in [-0.39, 0.29) is 70.4 Å². The minimum absolute atomic E-state index is 0.0787. The van der Waals surface area contributed by atoms with E-state index in [0.29, 0.717) is 38.5 Å². The molecule has 1 heterocycles. The van der Waals surface area contributed by atoms with Crippen LogP contribution in [0.15, 0.2) is 121 Å². The van der Waals surface area contributed by atoms with E-state index in [1.807, 2.05) is 130 Å². The Hall–Kier alpha value is -8.50. The second kappa shape index (κ2) is 37.0. The molecule has 0 unspecified atom stereocenters. The summed E-state index contributed by atoms with van der Waals surface area (Å²) in [4.78, 5) is 137. The van der Waals surface area contributed by atoms with Crippen LogP contribution in [-0.4, -0.2) is 134 Å². The fourth-order valence-corrected chi connectivity index (χ4v) is 9.76. The molecule has 464 valence electrons. The number of hydrogen-bond acceptors (Lipinski definition) is 12. The van der Waals surface area contributed by atoms with Gasteiger partial charge in [-0.2, -0.15) is 0 Å². The number of carbonyl (C=O) groups is 10. The summed E-state index contributed by atoms with van der Waals surface area (Å²) in [6.45, 7) is 4.94. The number of aryl methyl sites for hydroxylation is 1. The summed E-state index contributed by atoms with van der Waals surface area (Å²) in [7, 11) is 0. The van der Waals surface area contributed by atoms with E-state index in [0.717, 1.165) is 22.3 Å². The molecule has 0 aliphatic carbocycles. The van der Waals surface area contributed by atoms with Crippen LogP contribution in [0.5, 0.6) is 0 Å². The van der Waals surface area contributed by atoms with Crippen molar-refractivity contribution < 1.29 is 47.9 Å². The van der Waals surface area contributed by atoms with Gasteiger partial charge in [0.15, 0.2) is 0 Å². The highest BCUT2D eigenvalue weighted by Gasteiger charge is 2.33. The first kappa shape index (κ1) is 68.3. The van der Waals surface area contributed by atoms with Gasteiger partial charge in [0.25, 0.3) is 0 Å². The van der Waals surface area contributed by atoms with Crippen molar-refractivity contribution in [2.24, 2.45) is 17.4 Å². The molecule has 1 saturated heterocycles. The van der Waals surface area contributed by atoms with Gasteiger partial charge in [-0.15, -0.1) is 0 Å². The van der Waals surface area contributed by atoms with Gasteiger partial charge in [-0.25, -0.2) is 0 Å². The zero-order valence-electron chi connectivity index (χ0n) is 49.7. The lowest BCUT2D eigenvalue weighted by Gasteiger charge is -2.27. The van der Waals surface area contributed by atoms with Crippen LogP contribution < -0.4 is 64.6 Å². The Bertz CT molecular complexity index is 2810. The number of nitrogens with one attached hydrogen (secondary N) is 10. The lowest BCUT2D eigenvalue weighted by Crippen LogP contribution is -2.58. The van der Waals surface area contributed by atoms with E-state index in [2.05, 4.69) is 53.2 Å². The van der Waals surface area contributed by atoms with E-state index in [9.17, 15) is 47.9 Å². The Labute approximate surface area is 504 Å². The summed E-state index contributed by atoms with van der Waals surface area (Å²) in [5, 5.41) is 27.5. The van der Waals surface area contributed by atoms with Crippen LogP contribution in [0.1, 0.15) is 107 Å². The molecule has 5 rings (SSSR count). The fourth-order valence-electron chi connectivity index (χ4n) is 9.76. The Morgan fingerprint density at radius 1 is 0.453 bits per heavy atom. The van der Waals surface area contributed by atoms with Crippen LogP contribution in [0.3, 0.4) is 0 Å². The molecule has 10 amide bonds. The molecule has 0 spiro atoms. The summed E-state index contributed by atoms with van der Waals surface area (Å²) in [5.41, 5.74) is 16.0. The summed E-state index contributed by atoms with van der Waals surface area (Å²) in [5.74, 6) is -6.11. The first-order valence-electron chi connectivity index (χ1n) is 30.0. The third-order valence-electron chi connectivity index (χ3n) is 14.5. The summed E-state index contributed by atoms with van der Waals surface area (Å²) < 4.78 is 0. The highest BCUT2D eigenvalue weighted by atomic mass is 16.2. The minimum Gasteiger partial charge on any atom is -0.355 e. The van der Waals surface area contributed by atoms with E-state index in [4.69, 9.17) is 11.5 Å². The van der Waals surface area contributed by atoms with Crippen LogP contribution in [0, 0.1) is 5.92 Å². The average molecular weight is 1190 g/mol. The average Bonchev–Trinajstić information content (AvgIpc) is 3.60. The van der Waals surface area contributed by atoms with Crippen molar-refractivity contribution in [1.29, 1.82) is 0 Å². The van der Waals surface area contributed by atoms with Crippen molar-refractivity contribution in [2.75, 3.05) is 26.2 Å². The molecule has 22 heteroatoms. The second-order valence-corrected chi connectivity index (χ2v) is 22.2. The predicted octanol–water partition coefficient (Wildman–Crippen LogP) is 1.58. The summed E-state index contributed by atoms with van der Waals surface area (Å²) >= 11 is 0. The Morgan fingerprint density at radius 2 is 0.826 bits per heavy atom. The quantitative estimate of drug-likeness (QED) is 0.0450. The van der Waals surface area contributed by atoms with Gasteiger partial charge in [-0.05, 0) is 105 Å². The normalized spacial score (nSPS) is 17.8. The lowest BCUT2D eigenvalue weighted by atomic mass is 9.99. The third kappa shape index (κ3) is 25.0. The van der Waals surface area contributed by atoms with E-state index < -0.39 is 120 Å². The molecule has 1 aliphatic rings. The second-order valence-electron chi connectivity index (χ2n) is 22.2. The van der Waals surface area contributed by atoms with Crippen LogP contribution in [-0.2, 0) is 73.6 Å². The highest BCUT2D eigenvalue weighted by molar-refractivity contribution is 5.97. The van der Waals surface area contributed by atoms with Gasteiger partial charge in [-0.1, -0.05) is 149 Å². The molecule has 8 atom stereocenters. The number of carbonyl (C=O) groups excluding carboxylic acids is 10. The standard InChI is InChI=1S/C64H88N12O10/c1-4-21-49(72-64(86)54(39-46-28-15-8-16-29-46)75-58(80)48(66)38-45-26-13-7-14-27-45)61(83)73-50-30-17-19-34-67-56(78)41-70-60(82)51(31-18-20-35-68-55(77)40-69-59(50)81)74-63(85)53(36-42(2)3)76-62(84)52(33-32-43-22-9-5-10-23-43)71-57(79)47(65)37-44-24-11-6-12-25-44/h5-16,22-29,42,47-54H,4,17-21,30-41,65-66H2,1-3H3,(H,67,78)(H,68,77)(H,69,81)(H,70,82)(H,71,79)(H,72,86)(H,73,83)(H,74,85)(H,75,80)(H,76,84)/t47-,48-,49-,50-,51-,52-,53-,54-/m1/s1. The molecule has 0 radical (unpaired) electrons. The maximum atomic E-state index is 14.2. The van der Waals surface area contributed by atoms with E-state index >= 15 is 0 Å². The molecular formula is C64H88N12O10. The number of rotatable bonds is 25. The molecule has 1 aliphatic heterocycles. The molecule has 1 fully saturated rings. The minimum atomic E-state index is -1.16. The van der Waals surface area contributed by atoms with Gasteiger partial charge >= 0.3 is 0 Å². The van der Waals surface area contributed by atoms with Crippen molar-refractivity contribution in [3.63, 3.8) is 0 Å². The van der Waals surface area contributed by atoms with Crippen molar-refractivity contribution in [1.82, 2.24) is 53.2 Å². The smallest absolute Gasteiger partial charge is 0.243 e. The zero-order valence-corrected chi connectivity index (χ0v) is 49.7. The van der Waals surface area contributed by atoms with Crippen molar-refractivity contribution in [2.45, 2.75) is 159 Å². The molecule has 0 saturated carbocycles. The van der Waals surface area contributed by atoms with E-state index in [1.165, 1.54) is 0 Å². The monoisotopic (exact) mass is 1180 g/mol. The topological polar surface area (TPSA) is 343 Å². The SMILES string of the molecule is CCC[C@@H](NC(=O)[C@@H](Cc1ccccc1)NC(=O)[C@H](N)Cc1ccccc1)C(=O)N[C@@H]1CCCCNC(=O)CNC(=O)[C@H](NC(=O)[C@@H](CC(C)C)NC(=O)[C@@H](CCc2ccccc2)NC(=O)[C@H](N)Cc2ccccc2)CCCCNC(=O)CNC1=O. The molecule has 4 aromatic rings. The lowest BCUT2D eigenvalue weighted by molar-refractivity contribution is -0.134. The highest BCUT2D eigenvalue weighted by Crippen LogP contribution is 2.13. The Balaban J connectivity index is 1.20. The molecule has 86 heavy (non-hydrogen) atoms. The van der Waals surface area contributed by atoms with Crippen molar-refractivity contribution in [3.8, 4) is 0 Å². The van der Waals surface area contributed by atoms with Crippen molar-refractivity contribution >= 4 is 59.1 Å². The maximum absolute atomic E-state index is 14.2. The number of benzene rings is 4. The molecular weight excluding hydrogens is 1100 g/mol. The molecule has 0 aromatic heterocycles. The largest absolute Gasteiger partial charge is 0.355 e. The number of amides is 10. The Morgan fingerprint density at radius 3 is 1.27 bits per heavy atom. The van der Waals surface area contributed by atoms with E-state index in [1.54, 1.807) is 12.1 Å². The first-order valence-corrected chi connectivity index (χ1v) is 30.0. The summed E-state index contributed by atoms with van der Waals surface area (Å²) in [6.07, 6.45) is 3.46. The third-order valence-corrected chi connectivity index (χ3v) is 14.5. The van der Waals surface area contributed by atoms with Gasteiger partial charge < -0.3 is 64.6 Å². The van der Waals surface area contributed by atoms with Crippen LogP contribution in [0.25, 0.3) is 0 Å². The van der Waals surface area contributed by atoms with Gasteiger partial charge in [0.1, 0.15) is 36.3 Å². The summed E-state index contributed by atoms with van der Waals surface area (Å²) in [6, 6.07) is 28.3. The van der Waals surface area contributed by atoms with Crippen LogP contribution in [0.2, 0.25) is 0 Å². The fraction of sp³-hybridized carbons (Fsp3) is 0.469. The first-order chi connectivity index (χ1) is 41.4. The van der Waals surface area contributed by atoms with Crippen LogP contribution in [0.4, 0.5) is 0 Å². The van der Waals surface area contributed by atoms with Gasteiger partial charge in [-0.3, -0.25) is 47.9 Å². The molecule has 4 aromatic carbocycles. The maximum Gasteiger partial charge on any atom is 0.243 e. The predicted molar refractivity (Wildman–Crippen MR) is 327 cm³/mol. The Kier molecular flexibility index (Phi) is 29.4. The molecule has 22 nitrogen and oxygen atoms in total. The van der Waals surface area contributed by atoms with Gasteiger partial charge in [0.2, 0.25) is 59.1 Å². The van der Waals surface area contributed by atoms with Gasteiger partial charge in [0, 0.05) is 19.5 Å². The molecule has 14 N–H and O–H groups in total. The van der Waals surface area contributed by atoms with Crippen molar-refractivity contribution in [3.05, 3.63) is 144 Å².